The molecule has 9 heteroatoms. The largest absolute Gasteiger partial charge is 2.00 e. The van der Waals surface area contributed by atoms with Crippen molar-refractivity contribution in [3.05, 3.63) is 166 Å². The molecule has 0 spiro atoms. The van der Waals surface area contributed by atoms with Crippen molar-refractivity contribution < 1.29 is 46.9 Å². The zero-order chi connectivity index (χ0) is 37.0. The molecular weight excluding hydrogens is 846 g/mol. The number of hydrogen-bond acceptors (Lipinski definition) is 2. The van der Waals surface area contributed by atoms with Gasteiger partial charge in [-0.25, -0.2) is 0 Å². The Labute approximate surface area is 352 Å². The van der Waals surface area contributed by atoms with Crippen LogP contribution in [0.25, 0.3) is 21.4 Å². The summed E-state index contributed by atoms with van der Waals surface area (Å²) in [4.78, 5) is 10.2. The van der Waals surface area contributed by atoms with Gasteiger partial charge >= 0.3 is 46.9 Å². The van der Waals surface area contributed by atoms with Crippen LogP contribution in [0.3, 0.4) is 0 Å². The topological polar surface area (TPSA) is 52.9 Å². The summed E-state index contributed by atoms with van der Waals surface area (Å²) in [5.41, 5.74) is 8.80. The van der Waals surface area contributed by atoms with Gasteiger partial charge in [0.2, 0.25) is 0 Å². The molecule has 0 aliphatic carbocycles. The van der Waals surface area contributed by atoms with E-state index in [0.717, 1.165) is 45.1 Å². The van der Waals surface area contributed by atoms with Crippen LogP contribution in [0.15, 0.2) is 143 Å². The first kappa shape index (κ1) is 44.8. The molecule has 0 aromatic heterocycles. The molecule has 276 valence electrons. The third kappa shape index (κ3) is 18.3. The third-order valence-electron chi connectivity index (χ3n) is 6.65. The predicted molar refractivity (Wildman–Crippen MR) is 235 cm³/mol. The van der Waals surface area contributed by atoms with Gasteiger partial charge < -0.3 is 19.3 Å². The maximum atomic E-state index is 5.11. The molecule has 0 amide bonds. The molecule has 0 unspecified atom stereocenters. The monoisotopic (exact) mass is 904 g/mol. The van der Waals surface area contributed by atoms with Crippen molar-refractivity contribution in [2.75, 3.05) is 0 Å². The molecule has 0 bridgehead atoms. The van der Waals surface area contributed by atoms with Crippen LogP contribution >= 0.6 is 0 Å². The van der Waals surface area contributed by atoms with Gasteiger partial charge in [0.1, 0.15) is 0 Å². The summed E-state index contributed by atoms with van der Waals surface area (Å²) in [6, 6.07) is 41.8. The van der Waals surface area contributed by atoms with E-state index in [4.69, 9.17) is 19.3 Å². The summed E-state index contributed by atoms with van der Waals surface area (Å²) in [5, 5.41) is 0. The molecule has 0 N–H and O–H groups in total. The zero-order valence-corrected chi connectivity index (χ0v) is 38.5. The van der Waals surface area contributed by atoms with E-state index in [0.29, 0.717) is 0 Å². The van der Waals surface area contributed by atoms with Gasteiger partial charge in [0, 0.05) is 0 Å². The van der Waals surface area contributed by atoms with Crippen molar-refractivity contribution in [1.29, 1.82) is 0 Å². The van der Waals surface area contributed by atoms with Crippen molar-refractivity contribution in [3.63, 3.8) is 0 Å². The van der Waals surface area contributed by atoms with Crippen molar-refractivity contribution in [3.8, 4) is 0 Å². The standard InChI is InChI=1S/2C21H29N2Si2.Yb/c2*1-24(2,3)22-20(18-13-9-7-10-14-18)17-21(23-25(4,5)6)19-15-11-8-12-16-19;/h2*7-17H,1-6H3;/q2*-1;+2/b2*20-17-,23-21-;. The van der Waals surface area contributed by atoms with E-state index in [9.17, 15) is 0 Å². The molecular formula is C42H58N4Si4Yb. The van der Waals surface area contributed by atoms with Gasteiger partial charge in [0.15, 0.2) is 16.5 Å². The van der Waals surface area contributed by atoms with Gasteiger partial charge in [-0.2, -0.15) is 0 Å². The van der Waals surface area contributed by atoms with E-state index < -0.39 is 32.9 Å². The number of allylic oxidation sites excluding steroid dienone is 2. The summed E-state index contributed by atoms with van der Waals surface area (Å²) in [5.74, 6) is 0. The Morgan fingerprint density at radius 3 is 0.843 bits per heavy atom. The second-order valence-electron chi connectivity index (χ2n) is 16.4. The molecule has 0 saturated heterocycles. The van der Waals surface area contributed by atoms with Crippen LogP contribution < -0.4 is 0 Å². The first-order valence-electron chi connectivity index (χ1n) is 17.6. The van der Waals surface area contributed by atoms with Gasteiger partial charge in [-0.3, -0.25) is 0 Å². The molecule has 4 aromatic carbocycles. The molecule has 4 aromatic rings. The summed E-state index contributed by atoms with van der Waals surface area (Å²) in [6.07, 6.45) is 4.36. The normalized spacial score (nSPS) is 13.4. The van der Waals surface area contributed by atoms with Gasteiger partial charge in [0.05, 0.1) is 11.4 Å². The molecule has 51 heavy (non-hydrogen) atoms. The fourth-order valence-electron chi connectivity index (χ4n) is 4.86. The van der Waals surface area contributed by atoms with E-state index in [2.05, 4.69) is 188 Å². The Kier molecular flexibility index (Phi) is 17.8. The second-order valence-corrected chi connectivity index (χ2v) is 34.7. The Bertz CT molecular complexity index is 1610. The number of hydrogen-bond donors (Lipinski definition) is 0. The number of nitrogens with zero attached hydrogens (tertiary/aromatic N) is 4. The van der Waals surface area contributed by atoms with Gasteiger partial charge in [-0.05, 0) is 78.0 Å². The molecule has 0 atom stereocenters. The van der Waals surface area contributed by atoms with Gasteiger partial charge in [-0.1, -0.05) is 173 Å². The minimum Gasteiger partial charge on any atom is -0.687 e. The van der Waals surface area contributed by atoms with Crippen LogP contribution in [0, 0.1) is 46.9 Å². The van der Waals surface area contributed by atoms with E-state index >= 15 is 0 Å². The van der Waals surface area contributed by atoms with Crippen molar-refractivity contribution in [1.82, 2.24) is 0 Å². The Morgan fingerprint density at radius 2 is 0.627 bits per heavy atom. The minimum absolute atomic E-state index is 0. The van der Waals surface area contributed by atoms with Gasteiger partial charge in [-0.15, -0.1) is 11.4 Å². The predicted octanol–water partition coefficient (Wildman–Crippen LogP) is 13.1. The third-order valence-corrected chi connectivity index (χ3v) is 10.3. The summed E-state index contributed by atoms with van der Waals surface area (Å²) < 4.78 is 10.2. The summed E-state index contributed by atoms with van der Waals surface area (Å²) in [6.45, 7) is 27.2. The quantitative estimate of drug-likeness (QED) is 0.100. The van der Waals surface area contributed by atoms with Crippen LogP contribution in [0.5, 0.6) is 0 Å². The molecule has 0 aliphatic rings. The molecule has 0 radical (unpaired) electrons. The smallest absolute Gasteiger partial charge is 0.687 e. The van der Waals surface area contributed by atoms with E-state index in [1.165, 1.54) is 0 Å². The van der Waals surface area contributed by atoms with E-state index in [-0.39, 0.29) is 46.9 Å². The molecule has 0 aliphatic heterocycles. The average molecular weight is 904 g/mol. The van der Waals surface area contributed by atoms with Gasteiger partial charge in [0.25, 0.3) is 0 Å². The fourth-order valence-corrected chi connectivity index (χ4v) is 8.53. The minimum atomic E-state index is -1.62. The Morgan fingerprint density at radius 1 is 0.392 bits per heavy atom. The Hall–Kier alpha value is -2.31. The van der Waals surface area contributed by atoms with Crippen molar-refractivity contribution in [2.45, 2.75) is 78.6 Å². The molecule has 4 rings (SSSR count). The van der Waals surface area contributed by atoms with Crippen molar-refractivity contribution >= 4 is 55.8 Å². The Balaban J connectivity index is 0.000000347. The van der Waals surface area contributed by atoms with Crippen LogP contribution in [-0.2, 0) is 0 Å². The average Bonchev–Trinajstić information content (AvgIpc) is 3.03. The maximum Gasteiger partial charge on any atom is 2.00 e. The zero-order valence-electron chi connectivity index (χ0n) is 32.8. The van der Waals surface area contributed by atoms with Crippen molar-refractivity contribution in [2.24, 2.45) is 9.32 Å². The summed E-state index contributed by atoms with van der Waals surface area (Å²) in [7, 11) is -6.47. The molecule has 0 heterocycles. The van der Waals surface area contributed by atoms with Crippen LogP contribution in [0.1, 0.15) is 22.3 Å². The fraction of sp³-hybridized carbons (Fsp3) is 0.286. The van der Waals surface area contributed by atoms with E-state index in [1.807, 2.05) is 24.3 Å². The van der Waals surface area contributed by atoms with E-state index in [1.54, 1.807) is 0 Å². The SMILES string of the molecule is C[Si](C)(C)/N=C(/C=C(\[N-][Si](C)(C)C)c1ccccc1)c1ccccc1.C[Si](C)(C)/N=C(/C=C(\[N-][Si](C)(C)C)c1ccccc1)c1ccccc1.[Yb+2]. The maximum absolute atomic E-state index is 5.11. The molecule has 0 saturated carbocycles. The first-order chi connectivity index (χ1) is 23.3. The van der Waals surface area contributed by atoms with Crippen LogP contribution in [0.2, 0.25) is 78.6 Å². The molecule has 0 fully saturated rings. The van der Waals surface area contributed by atoms with Crippen LogP contribution in [0.4, 0.5) is 0 Å². The van der Waals surface area contributed by atoms with Crippen LogP contribution in [-0.4, -0.2) is 44.4 Å². The first-order valence-corrected chi connectivity index (χ1v) is 31.4. The number of benzene rings is 4. The summed E-state index contributed by atoms with van der Waals surface area (Å²) >= 11 is 0. The molecule has 4 nitrogen and oxygen atoms in total. The number of rotatable bonds is 12. The second kappa shape index (κ2) is 20.2.